The third-order valence-corrected chi connectivity index (χ3v) is 4.70. The second kappa shape index (κ2) is 6.57. The summed E-state index contributed by atoms with van der Waals surface area (Å²) in [4.78, 5) is 2.45. The molecule has 3 aromatic rings. The van der Waals surface area contributed by atoms with Gasteiger partial charge in [-0.3, -0.25) is 9.58 Å². The number of hydrogen-bond donors (Lipinski definition) is 0. The molecule has 0 radical (unpaired) electrons. The monoisotopic (exact) mass is 323 g/mol. The molecule has 0 saturated carbocycles. The molecule has 124 valence electrons. The van der Waals surface area contributed by atoms with Gasteiger partial charge in [-0.1, -0.05) is 18.2 Å². The van der Waals surface area contributed by atoms with Crippen molar-refractivity contribution in [3.63, 3.8) is 0 Å². The Hall–Kier alpha value is -2.47. The summed E-state index contributed by atoms with van der Waals surface area (Å²) in [5.41, 5.74) is 0.956. The molecule has 2 aromatic heterocycles. The lowest BCUT2D eigenvalue weighted by Crippen LogP contribution is -2.35. The molecule has 1 saturated heterocycles. The SMILES string of the molecule is C[C@H](c1nnc(-c2ccccc2)o1)N1CCC[C@H]1Cn1cccn1. The number of aromatic nitrogens is 4. The maximum atomic E-state index is 5.94. The summed E-state index contributed by atoms with van der Waals surface area (Å²) in [7, 11) is 0. The van der Waals surface area contributed by atoms with Gasteiger partial charge in [-0.15, -0.1) is 10.2 Å². The fraction of sp³-hybridized carbons (Fsp3) is 0.389. The predicted octanol–water partition coefficient (Wildman–Crippen LogP) is 3.16. The standard InChI is InChI=1S/C18H21N5O/c1-14(17-20-21-18(24-17)15-7-3-2-4-8-15)23-12-5-9-16(23)13-22-11-6-10-19-22/h2-4,6-8,10-11,14,16H,5,9,12-13H2,1H3/t14-,16+/m1/s1. The van der Waals surface area contributed by atoms with E-state index in [2.05, 4.69) is 27.1 Å². The van der Waals surface area contributed by atoms with E-state index >= 15 is 0 Å². The predicted molar refractivity (Wildman–Crippen MR) is 90.1 cm³/mol. The van der Waals surface area contributed by atoms with E-state index in [9.17, 15) is 0 Å². The molecule has 0 unspecified atom stereocenters. The van der Waals surface area contributed by atoms with Crippen molar-refractivity contribution in [2.45, 2.75) is 38.4 Å². The molecule has 0 aliphatic carbocycles. The fourth-order valence-corrected chi connectivity index (χ4v) is 3.43. The van der Waals surface area contributed by atoms with Gasteiger partial charge in [0.15, 0.2) is 0 Å². The van der Waals surface area contributed by atoms with Crippen molar-refractivity contribution in [2.24, 2.45) is 0 Å². The minimum atomic E-state index is 0.109. The van der Waals surface area contributed by atoms with Crippen LogP contribution in [0.3, 0.4) is 0 Å². The van der Waals surface area contributed by atoms with Crippen LogP contribution in [0.15, 0.2) is 53.2 Å². The van der Waals surface area contributed by atoms with E-state index in [0.717, 1.165) is 18.7 Å². The normalized spacial score (nSPS) is 19.6. The number of likely N-dealkylation sites (tertiary alicyclic amines) is 1. The van der Waals surface area contributed by atoms with E-state index in [4.69, 9.17) is 4.42 Å². The topological polar surface area (TPSA) is 60.0 Å². The Kier molecular flexibility index (Phi) is 4.13. The lowest BCUT2D eigenvalue weighted by atomic mass is 10.2. The lowest BCUT2D eigenvalue weighted by Gasteiger charge is -2.28. The molecular formula is C18H21N5O. The minimum Gasteiger partial charge on any atom is -0.419 e. The first-order chi connectivity index (χ1) is 11.8. The van der Waals surface area contributed by atoms with E-state index in [0.29, 0.717) is 17.8 Å². The van der Waals surface area contributed by atoms with Gasteiger partial charge in [-0.2, -0.15) is 5.10 Å². The summed E-state index contributed by atoms with van der Waals surface area (Å²) in [5.74, 6) is 1.27. The van der Waals surface area contributed by atoms with Crippen molar-refractivity contribution in [3.05, 3.63) is 54.7 Å². The Bertz CT molecular complexity index is 768. The molecule has 3 heterocycles. The summed E-state index contributed by atoms with van der Waals surface area (Å²) < 4.78 is 7.94. The van der Waals surface area contributed by atoms with E-state index in [1.54, 1.807) is 0 Å². The Morgan fingerprint density at radius 3 is 2.88 bits per heavy atom. The van der Waals surface area contributed by atoms with Crippen molar-refractivity contribution < 1.29 is 4.42 Å². The molecular weight excluding hydrogens is 302 g/mol. The quantitative estimate of drug-likeness (QED) is 0.722. The average molecular weight is 323 g/mol. The summed E-state index contributed by atoms with van der Waals surface area (Å²) >= 11 is 0. The smallest absolute Gasteiger partial charge is 0.247 e. The van der Waals surface area contributed by atoms with Crippen LogP contribution < -0.4 is 0 Å². The number of hydrogen-bond acceptors (Lipinski definition) is 5. The lowest BCUT2D eigenvalue weighted by molar-refractivity contribution is 0.152. The van der Waals surface area contributed by atoms with Crippen molar-refractivity contribution in [1.29, 1.82) is 0 Å². The molecule has 0 bridgehead atoms. The first-order valence-corrected chi connectivity index (χ1v) is 8.43. The van der Waals surface area contributed by atoms with E-state index in [1.807, 2.05) is 53.5 Å². The van der Waals surface area contributed by atoms with E-state index in [1.165, 1.54) is 12.8 Å². The Morgan fingerprint density at radius 2 is 2.08 bits per heavy atom. The molecule has 6 nitrogen and oxygen atoms in total. The number of benzene rings is 1. The maximum absolute atomic E-state index is 5.94. The van der Waals surface area contributed by atoms with Crippen molar-refractivity contribution in [1.82, 2.24) is 24.9 Å². The van der Waals surface area contributed by atoms with Gasteiger partial charge >= 0.3 is 0 Å². The van der Waals surface area contributed by atoms with Crippen LogP contribution in [0, 0.1) is 0 Å². The zero-order chi connectivity index (χ0) is 16.4. The van der Waals surface area contributed by atoms with Gasteiger partial charge in [0.2, 0.25) is 11.8 Å². The highest BCUT2D eigenvalue weighted by atomic mass is 16.4. The molecule has 0 N–H and O–H groups in total. The van der Waals surface area contributed by atoms with Crippen LogP contribution in [0.1, 0.15) is 31.7 Å². The minimum absolute atomic E-state index is 0.109. The van der Waals surface area contributed by atoms with E-state index < -0.39 is 0 Å². The van der Waals surface area contributed by atoms with Crippen molar-refractivity contribution in [3.8, 4) is 11.5 Å². The second-order valence-corrected chi connectivity index (χ2v) is 6.25. The van der Waals surface area contributed by atoms with Crippen LogP contribution in [-0.2, 0) is 6.54 Å². The van der Waals surface area contributed by atoms with Gasteiger partial charge in [0, 0.05) is 24.0 Å². The van der Waals surface area contributed by atoms with Gasteiger partial charge in [0.05, 0.1) is 12.6 Å². The van der Waals surface area contributed by atoms with E-state index in [-0.39, 0.29) is 6.04 Å². The first-order valence-electron chi connectivity index (χ1n) is 8.43. The van der Waals surface area contributed by atoms with Crippen LogP contribution in [0.4, 0.5) is 0 Å². The molecule has 4 rings (SSSR count). The Balaban J connectivity index is 1.50. The Morgan fingerprint density at radius 1 is 1.21 bits per heavy atom. The maximum Gasteiger partial charge on any atom is 0.247 e. The average Bonchev–Trinajstić information content (AvgIpc) is 3.37. The van der Waals surface area contributed by atoms with Crippen molar-refractivity contribution >= 4 is 0 Å². The highest BCUT2D eigenvalue weighted by molar-refractivity contribution is 5.51. The van der Waals surface area contributed by atoms with Crippen LogP contribution in [0.5, 0.6) is 0 Å². The molecule has 2 atom stereocenters. The summed E-state index contributed by atoms with van der Waals surface area (Å²) in [6.45, 7) is 4.09. The molecule has 24 heavy (non-hydrogen) atoms. The van der Waals surface area contributed by atoms with Gasteiger partial charge in [-0.05, 0) is 44.5 Å². The summed E-state index contributed by atoms with van der Waals surface area (Å²) in [6, 6.07) is 12.4. The molecule has 0 spiro atoms. The number of nitrogens with zero attached hydrogens (tertiary/aromatic N) is 5. The highest BCUT2D eigenvalue weighted by Gasteiger charge is 2.32. The van der Waals surface area contributed by atoms with Crippen LogP contribution in [0.25, 0.3) is 11.5 Å². The highest BCUT2D eigenvalue weighted by Crippen LogP contribution is 2.30. The zero-order valence-electron chi connectivity index (χ0n) is 13.7. The van der Waals surface area contributed by atoms with Gasteiger partial charge in [-0.25, -0.2) is 0 Å². The van der Waals surface area contributed by atoms with Gasteiger partial charge < -0.3 is 4.42 Å². The fourth-order valence-electron chi connectivity index (χ4n) is 3.43. The van der Waals surface area contributed by atoms with Gasteiger partial charge in [0.1, 0.15) is 0 Å². The third-order valence-electron chi connectivity index (χ3n) is 4.70. The first kappa shape index (κ1) is 15.1. The second-order valence-electron chi connectivity index (χ2n) is 6.25. The largest absolute Gasteiger partial charge is 0.419 e. The zero-order valence-corrected chi connectivity index (χ0v) is 13.7. The third kappa shape index (κ3) is 2.97. The van der Waals surface area contributed by atoms with Gasteiger partial charge in [0.25, 0.3) is 0 Å². The Labute approximate surface area is 141 Å². The number of rotatable bonds is 5. The molecule has 6 heteroatoms. The summed E-state index contributed by atoms with van der Waals surface area (Å²) in [6.07, 6.45) is 6.20. The molecule has 1 fully saturated rings. The van der Waals surface area contributed by atoms with Crippen LogP contribution >= 0.6 is 0 Å². The van der Waals surface area contributed by atoms with Crippen molar-refractivity contribution in [2.75, 3.05) is 6.54 Å². The molecule has 1 aromatic carbocycles. The van der Waals surface area contributed by atoms with Crippen LogP contribution in [-0.4, -0.2) is 37.5 Å². The van der Waals surface area contributed by atoms with Crippen LogP contribution in [0.2, 0.25) is 0 Å². The molecule has 1 aliphatic heterocycles. The summed E-state index contributed by atoms with van der Waals surface area (Å²) in [5, 5.41) is 12.8. The molecule has 1 aliphatic rings. The molecule has 0 amide bonds.